The van der Waals surface area contributed by atoms with Crippen LogP contribution in [0.3, 0.4) is 0 Å². The van der Waals surface area contributed by atoms with Crippen LogP contribution in [0, 0.1) is 0 Å². The zero-order valence-corrected chi connectivity index (χ0v) is 10.4. The molecule has 4 heteroatoms. The number of phenols is 1. The molecule has 16 heavy (non-hydrogen) atoms. The molecule has 3 aromatic rings. The first-order valence-corrected chi connectivity index (χ1v) is 5.92. The molecule has 80 valence electrons. The molecule has 0 aliphatic heterocycles. The van der Waals surface area contributed by atoms with E-state index in [0.717, 1.165) is 26.3 Å². The van der Waals surface area contributed by atoms with Crippen molar-refractivity contribution >= 4 is 49.3 Å². The van der Waals surface area contributed by atoms with Gasteiger partial charge in [0.05, 0.1) is 15.9 Å². The van der Waals surface area contributed by atoms with Gasteiger partial charge in [-0.2, -0.15) is 0 Å². The number of H-pyrrole nitrogens is 1. The van der Waals surface area contributed by atoms with E-state index in [0.29, 0.717) is 5.02 Å². The summed E-state index contributed by atoms with van der Waals surface area (Å²) in [6, 6.07) is 9.43. The largest absolute Gasteiger partial charge is 0.506 e. The van der Waals surface area contributed by atoms with Crippen LogP contribution in [0.15, 0.2) is 34.8 Å². The summed E-state index contributed by atoms with van der Waals surface area (Å²) in [5.41, 5.74) is 1.87. The average molecular weight is 297 g/mol. The Kier molecular flexibility index (Phi) is 2.13. The van der Waals surface area contributed by atoms with Gasteiger partial charge in [0.15, 0.2) is 0 Å². The lowest BCUT2D eigenvalue weighted by molar-refractivity contribution is 0.482. The molecule has 0 saturated carbocycles. The van der Waals surface area contributed by atoms with Gasteiger partial charge in [-0.3, -0.25) is 0 Å². The van der Waals surface area contributed by atoms with Crippen LogP contribution in [0.25, 0.3) is 21.8 Å². The van der Waals surface area contributed by atoms with Crippen LogP contribution in [0.2, 0.25) is 5.02 Å². The molecule has 2 N–H and O–H groups in total. The molecule has 0 radical (unpaired) electrons. The third kappa shape index (κ3) is 1.32. The zero-order chi connectivity index (χ0) is 11.3. The molecule has 0 unspecified atom stereocenters. The highest BCUT2D eigenvalue weighted by Crippen LogP contribution is 2.37. The summed E-state index contributed by atoms with van der Waals surface area (Å²) in [6.07, 6.45) is 0. The molecular formula is C12H7BrClNO. The zero-order valence-electron chi connectivity index (χ0n) is 8.09. The van der Waals surface area contributed by atoms with Gasteiger partial charge in [-0.25, -0.2) is 0 Å². The minimum atomic E-state index is 0.128. The van der Waals surface area contributed by atoms with Gasteiger partial charge in [0.25, 0.3) is 0 Å². The highest BCUT2D eigenvalue weighted by atomic mass is 79.9. The molecule has 0 aliphatic carbocycles. The lowest BCUT2D eigenvalue weighted by Crippen LogP contribution is -1.71. The van der Waals surface area contributed by atoms with E-state index in [1.54, 1.807) is 6.07 Å². The van der Waals surface area contributed by atoms with Gasteiger partial charge in [0.2, 0.25) is 0 Å². The van der Waals surface area contributed by atoms with Crippen molar-refractivity contribution in [2.24, 2.45) is 0 Å². The molecule has 3 rings (SSSR count). The minimum Gasteiger partial charge on any atom is -0.506 e. The maximum atomic E-state index is 9.97. The van der Waals surface area contributed by atoms with Crippen LogP contribution < -0.4 is 0 Å². The summed E-state index contributed by atoms with van der Waals surface area (Å²) in [5, 5.41) is 12.1. The predicted molar refractivity (Wildman–Crippen MR) is 70.2 cm³/mol. The Morgan fingerprint density at radius 3 is 2.69 bits per heavy atom. The van der Waals surface area contributed by atoms with E-state index in [9.17, 15) is 5.11 Å². The average Bonchev–Trinajstić information content (AvgIpc) is 2.62. The molecule has 2 aromatic carbocycles. The van der Waals surface area contributed by atoms with E-state index in [-0.39, 0.29) is 5.75 Å². The van der Waals surface area contributed by atoms with Crippen molar-refractivity contribution in [2.45, 2.75) is 0 Å². The van der Waals surface area contributed by atoms with Crippen LogP contribution in [0.1, 0.15) is 0 Å². The van der Waals surface area contributed by atoms with Crippen LogP contribution in [-0.4, -0.2) is 10.1 Å². The fraction of sp³-hybridized carbons (Fsp3) is 0. The van der Waals surface area contributed by atoms with Crippen LogP contribution >= 0.6 is 27.5 Å². The smallest absolute Gasteiger partial charge is 0.144 e. The Bertz CT molecular complexity index is 705. The fourth-order valence-corrected chi connectivity index (χ4v) is 2.44. The number of aromatic amines is 1. The number of benzene rings is 2. The second-order valence-electron chi connectivity index (χ2n) is 3.63. The van der Waals surface area contributed by atoms with Crippen molar-refractivity contribution in [3.63, 3.8) is 0 Å². The number of fused-ring (bicyclic) bond motifs is 3. The number of aromatic nitrogens is 1. The van der Waals surface area contributed by atoms with Crippen molar-refractivity contribution in [1.29, 1.82) is 0 Å². The highest BCUT2D eigenvalue weighted by molar-refractivity contribution is 9.10. The Balaban J connectivity index is 2.60. The molecule has 1 heterocycles. The molecule has 0 saturated heterocycles. The summed E-state index contributed by atoms with van der Waals surface area (Å²) >= 11 is 9.33. The molecule has 2 nitrogen and oxygen atoms in total. The topological polar surface area (TPSA) is 36.0 Å². The second kappa shape index (κ2) is 3.40. The monoisotopic (exact) mass is 295 g/mol. The van der Waals surface area contributed by atoms with Gasteiger partial charge in [0, 0.05) is 15.4 Å². The SMILES string of the molecule is Oc1c(Cl)ccc2[nH]c3ccc(Br)cc3c12. The number of hydrogen-bond donors (Lipinski definition) is 2. The van der Waals surface area contributed by atoms with Crippen molar-refractivity contribution in [1.82, 2.24) is 4.98 Å². The van der Waals surface area contributed by atoms with Crippen molar-refractivity contribution in [3.05, 3.63) is 39.8 Å². The number of rotatable bonds is 0. The summed E-state index contributed by atoms with van der Waals surface area (Å²) in [7, 11) is 0. The first kappa shape index (κ1) is 10.00. The Morgan fingerprint density at radius 1 is 1.12 bits per heavy atom. The van der Waals surface area contributed by atoms with Crippen LogP contribution in [0.5, 0.6) is 5.75 Å². The molecule has 0 amide bonds. The number of phenolic OH excluding ortho intramolecular Hbond substituents is 1. The third-order valence-corrected chi connectivity index (χ3v) is 3.45. The minimum absolute atomic E-state index is 0.128. The maximum Gasteiger partial charge on any atom is 0.144 e. The third-order valence-electron chi connectivity index (χ3n) is 2.65. The molecule has 0 fully saturated rings. The number of nitrogens with one attached hydrogen (secondary N) is 1. The lowest BCUT2D eigenvalue weighted by atomic mass is 10.1. The molecule has 0 atom stereocenters. The standard InChI is InChI=1S/C12H7BrClNO/c13-6-1-3-9-7(5-6)11-10(15-9)4-2-8(14)12(11)16/h1-5,15-16H. The fourth-order valence-electron chi connectivity index (χ4n) is 1.92. The molecule has 1 aromatic heterocycles. The van der Waals surface area contributed by atoms with Gasteiger partial charge < -0.3 is 10.1 Å². The van der Waals surface area contributed by atoms with Gasteiger partial charge >= 0.3 is 0 Å². The molecule has 0 aliphatic rings. The van der Waals surface area contributed by atoms with Crippen LogP contribution in [0.4, 0.5) is 0 Å². The van der Waals surface area contributed by atoms with Crippen molar-refractivity contribution < 1.29 is 5.11 Å². The summed E-state index contributed by atoms with van der Waals surface area (Å²) in [4.78, 5) is 3.23. The van der Waals surface area contributed by atoms with E-state index in [1.165, 1.54) is 0 Å². The Labute approximate surface area is 105 Å². The quantitative estimate of drug-likeness (QED) is 0.632. The number of aromatic hydroxyl groups is 1. The molecule has 0 spiro atoms. The van der Waals surface area contributed by atoms with E-state index in [1.807, 2.05) is 24.3 Å². The molecular weight excluding hydrogens is 289 g/mol. The highest BCUT2D eigenvalue weighted by Gasteiger charge is 2.11. The number of halogens is 2. The second-order valence-corrected chi connectivity index (χ2v) is 4.96. The normalized spacial score (nSPS) is 11.4. The Morgan fingerprint density at radius 2 is 1.88 bits per heavy atom. The summed E-state index contributed by atoms with van der Waals surface area (Å²) in [5.74, 6) is 0.128. The number of hydrogen-bond acceptors (Lipinski definition) is 1. The van der Waals surface area contributed by atoms with Gasteiger partial charge in [-0.1, -0.05) is 27.5 Å². The van der Waals surface area contributed by atoms with Gasteiger partial charge in [0.1, 0.15) is 5.75 Å². The maximum absolute atomic E-state index is 9.97. The van der Waals surface area contributed by atoms with E-state index < -0.39 is 0 Å². The van der Waals surface area contributed by atoms with Crippen LogP contribution in [-0.2, 0) is 0 Å². The summed E-state index contributed by atoms with van der Waals surface area (Å²) < 4.78 is 0.972. The van der Waals surface area contributed by atoms with Gasteiger partial charge in [-0.15, -0.1) is 0 Å². The predicted octanol–water partition coefficient (Wildman–Crippen LogP) is 4.44. The molecule has 0 bridgehead atoms. The van der Waals surface area contributed by atoms with E-state index in [2.05, 4.69) is 20.9 Å². The van der Waals surface area contributed by atoms with Gasteiger partial charge in [-0.05, 0) is 30.3 Å². The van der Waals surface area contributed by atoms with E-state index >= 15 is 0 Å². The Hall–Kier alpha value is -1.19. The van der Waals surface area contributed by atoms with Crippen molar-refractivity contribution in [2.75, 3.05) is 0 Å². The van der Waals surface area contributed by atoms with E-state index in [4.69, 9.17) is 11.6 Å². The summed E-state index contributed by atoms with van der Waals surface area (Å²) in [6.45, 7) is 0. The first-order chi connectivity index (χ1) is 7.66. The first-order valence-electron chi connectivity index (χ1n) is 4.75. The van der Waals surface area contributed by atoms with Crippen molar-refractivity contribution in [3.8, 4) is 5.75 Å². The lowest BCUT2D eigenvalue weighted by Gasteiger charge is -1.98.